The highest BCUT2D eigenvalue weighted by Gasteiger charge is 2.48. The fourth-order valence-electron chi connectivity index (χ4n) is 3.84. The molecular weight excluding hydrogens is 530 g/mol. The van der Waals surface area contributed by atoms with Gasteiger partial charge >= 0.3 is 5.25 Å². The molecule has 0 spiro atoms. The number of thioether (sulfide) groups is 1. The monoisotopic (exact) mass is 555 g/mol. The van der Waals surface area contributed by atoms with Gasteiger partial charge in [0.2, 0.25) is 5.91 Å². The SMILES string of the molecule is N#CC1(NC(=O)[C@H](CS(=O)(=O)CC2CC2)NC(c2ccc(F)cc2)C(F)(F)Sc2ccc(F)cc2)CC1. The summed E-state index contributed by atoms with van der Waals surface area (Å²) < 4.78 is 84.0. The van der Waals surface area contributed by atoms with Gasteiger partial charge in [0.15, 0.2) is 9.84 Å². The molecule has 0 radical (unpaired) electrons. The van der Waals surface area contributed by atoms with Gasteiger partial charge in [-0.3, -0.25) is 10.1 Å². The molecule has 2 aliphatic rings. The minimum atomic E-state index is -3.81. The van der Waals surface area contributed by atoms with Gasteiger partial charge in [0.1, 0.15) is 29.3 Å². The number of benzene rings is 2. The average molecular weight is 556 g/mol. The molecule has 0 bridgehead atoms. The van der Waals surface area contributed by atoms with Crippen LogP contribution in [0, 0.1) is 28.9 Å². The van der Waals surface area contributed by atoms with Gasteiger partial charge in [0, 0.05) is 4.90 Å². The number of nitriles is 1. The third kappa shape index (κ3) is 7.46. The molecule has 1 amide bonds. The number of rotatable bonds is 12. The van der Waals surface area contributed by atoms with Gasteiger partial charge in [-0.05, 0) is 73.6 Å². The Morgan fingerprint density at radius 3 is 2.16 bits per heavy atom. The standard InChI is InChI=1S/C25H25F4N3O3S2/c26-18-5-3-17(4-6-18)22(25(28,29)36-20-9-7-19(27)8-10-20)31-21(14-37(34,35)13-16-1-2-16)23(33)32-24(15-30)11-12-24/h3-10,16,21-22,31H,1-2,11-14H2,(H,32,33)/t21-,22?/m0/s1. The lowest BCUT2D eigenvalue weighted by Gasteiger charge is -2.31. The molecule has 1 unspecified atom stereocenters. The quantitative estimate of drug-likeness (QED) is 0.299. The molecule has 12 heteroatoms. The van der Waals surface area contributed by atoms with E-state index < -0.39 is 56.0 Å². The molecule has 2 saturated carbocycles. The van der Waals surface area contributed by atoms with E-state index in [1.54, 1.807) is 0 Å². The smallest absolute Gasteiger partial charge is 0.317 e. The predicted molar refractivity (Wildman–Crippen MR) is 130 cm³/mol. The van der Waals surface area contributed by atoms with Crippen molar-refractivity contribution < 1.29 is 30.8 Å². The number of sulfone groups is 1. The second-order valence-electron chi connectivity index (χ2n) is 9.53. The zero-order valence-electron chi connectivity index (χ0n) is 19.6. The molecule has 2 aliphatic carbocycles. The first-order valence-corrected chi connectivity index (χ1v) is 14.3. The Balaban J connectivity index is 1.65. The van der Waals surface area contributed by atoms with Crippen molar-refractivity contribution in [1.82, 2.24) is 10.6 Å². The van der Waals surface area contributed by atoms with Gasteiger partial charge in [0.05, 0.1) is 17.6 Å². The normalized spacial score (nSPS) is 18.5. The Morgan fingerprint density at radius 2 is 1.65 bits per heavy atom. The van der Waals surface area contributed by atoms with Gasteiger partial charge in [-0.2, -0.15) is 14.0 Å². The lowest BCUT2D eigenvalue weighted by atomic mass is 10.1. The maximum Gasteiger partial charge on any atom is 0.317 e. The molecule has 2 fully saturated rings. The summed E-state index contributed by atoms with van der Waals surface area (Å²) in [7, 11) is -3.81. The first-order valence-electron chi connectivity index (χ1n) is 11.7. The van der Waals surface area contributed by atoms with Crippen LogP contribution < -0.4 is 10.6 Å². The fourth-order valence-corrected chi connectivity index (χ4v) is 6.69. The van der Waals surface area contributed by atoms with Crippen molar-refractivity contribution >= 4 is 27.5 Å². The average Bonchev–Trinajstić information content (AvgIpc) is 3.76. The molecular formula is C25H25F4N3O3S2. The molecule has 0 aliphatic heterocycles. The number of hydrogen-bond donors (Lipinski definition) is 2. The second kappa shape index (κ2) is 10.6. The van der Waals surface area contributed by atoms with Crippen LogP contribution >= 0.6 is 11.8 Å². The van der Waals surface area contributed by atoms with Gasteiger partial charge < -0.3 is 5.32 Å². The maximum atomic E-state index is 15.7. The lowest BCUT2D eigenvalue weighted by Crippen LogP contribution is -2.54. The summed E-state index contributed by atoms with van der Waals surface area (Å²) in [6, 6.07) is 7.04. The van der Waals surface area contributed by atoms with Crippen LogP contribution in [0.2, 0.25) is 0 Å². The Bertz CT molecular complexity index is 1270. The highest BCUT2D eigenvalue weighted by atomic mass is 32.2. The molecule has 2 atom stereocenters. The number of hydrogen-bond acceptors (Lipinski definition) is 6. The molecule has 198 valence electrons. The highest BCUT2D eigenvalue weighted by molar-refractivity contribution is 8.00. The number of nitrogens with one attached hydrogen (secondary N) is 2. The van der Waals surface area contributed by atoms with Crippen molar-refractivity contribution in [3.05, 3.63) is 65.7 Å². The van der Waals surface area contributed by atoms with E-state index in [-0.39, 0.29) is 33.9 Å². The van der Waals surface area contributed by atoms with E-state index in [0.29, 0.717) is 12.8 Å². The van der Waals surface area contributed by atoms with Crippen LogP contribution in [0.25, 0.3) is 0 Å². The number of amides is 1. The Labute approximate surface area is 216 Å². The number of carbonyl (C=O) groups is 1. The van der Waals surface area contributed by atoms with Crippen LogP contribution in [-0.2, 0) is 14.6 Å². The van der Waals surface area contributed by atoms with E-state index in [4.69, 9.17) is 0 Å². The van der Waals surface area contributed by atoms with Crippen molar-refractivity contribution in [3.63, 3.8) is 0 Å². The summed E-state index contributed by atoms with van der Waals surface area (Å²) >= 11 is 0.0943. The van der Waals surface area contributed by atoms with Crippen molar-refractivity contribution in [1.29, 1.82) is 5.26 Å². The molecule has 0 heterocycles. The van der Waals surface area contributed by atoms with Crippen molar-refractivity contribution in [2.24, 2.45) is 5.92 Å². The van der Waals surface area contributed by atoms with Crippen LogP contribution in [0.1, 0.15) is 37.3 Å². The number of alkyl halides is 2. The van der Waals surface area contributed by atoms with Crippen LogP contribution in [0.5, 0.6) is 0 Å². The van der Waals surface area contributed by atoms with Crippen LogP contribution in [0.4, 0.5) is 17.6 Å². The first-order chi connectivity index (χ1) is 17.4. The fraction of sp³-hybridized carbons (Fsp3) is 0.440. The third-order valence-corrected chi connectivity index (χ3v) is 9.06. The van der Waals surface area contributed by atoms with E-state index in [0.717, 1.165) is 49.2 Å². The summed E-state index contributed by atoms with van der Waals surface area (Å²) in [6.45, 7) is 0. The van der Waals surface area contributed by atoms with Gasteiger partial charge in [-0.1, -0.05) is 23.9 Å². The van der Waals surface area contributed by atoms with E-state index in [1.807, 2.05) is 6.07 Å². The highest BCUT2D eigenvalue weighted by Crippen LogP contribution is 2.45. The molecule has 0 aromatic heterocycles. The van der Waals surface area contributed by atoms with Crippen molar-refractivity contribution in [2.45, 2.75) is 53.5 Å². The van der Waals surface area contributed by atoms with Gasteiger partial charge in [-0.25, -0.2) is 17.2 Å². The first kappa shape index (κ1) is 27.4. The zero-order valence-corrected chi connectivity index (χ0v) is 21.2. The summed E-state index contributed by atoms with van der Waals surface area (Å²) in [5.41, 5.74) is -1.23. The van der Waals surface area contributed by atoms with E-state index >= 15 is 8.78 Å². The third-order valence-electron chi connectivity index (χ3n) is 6.22. The Kier molecular flexibility index (Phi) is 7.88. The Hall–Kier alpha value is -2.62. The molecule has 6 nitrogen and oxygen atoms in total. The molecule has 2 aromatic carbocycles. The van der Waals surface area contributed by atoms with Crippen LogP contribution in [0.15, 0.2) is 53.4 Å². The van der Waals surface area contributed by atoms with E-state index in [1.165, 1.54) is 12.1 Å². The van der Waals surface area contributed by atoms with E-state index in [2.05, 4.69) is 10.6 Å². The zero-order chi connectivity index (χ0) is 26.8. The van der Waals surface area contributed by atoms with Crippen molar-refractivity contribution in [2.75, 3.05) is 11.5 Å². The maximum absolute atomic E-state index is 15.7. The summed E-state index contributed by atoms with van der Waals surface area (Å²) in [5, 5.41) is 10.7. The van der Waals surface area contributed by atoms with Crippen molar-refractivity contribution in [3.8, 4) is 6.07 Å². The van der Waals surface area contributed by atoms with Gasteiger partial charge in [-0.15, -0.1) is 0 Å². The summed E-state index contributed by atoms with van der Waals surface area (Å²) in [4.78, 5) is 13.2. The number of nitrogens with zero attached hydrogens (tertiary/aromatic N) is 1. The molecule has 4 rings (SSSR count). The van der Waals surface area contributed by atoms with Crippen LogP contribution in [-0.4, -0.2) is 42.7 Å². The predicted octanol–water partition coefficient (Wildman–Crippen LogP) is 4.35. The minimum Gasteiger partial charge on any atom is -0.336 e. The largest absolute Gasteiger partial charge is 0.336 e. The van der Waals surface area contributed by atoms with Crippen LogP contribution in [0.3, 0.4) is 0 Å². The second-order valence-corrected chi connectivity index (χ2v) is 12.9. The Morgan fingerprint density at radius 1 is 1.08 bits per heavy atom. The topological polar surface area (TPSA) is 99.1 Å². The lowest BCUT2D eigenvalue weighted by molar-refractivity contribution is -0.123. The summed E-state index contributed by atoms with van der Waals surface area (Å²) in [6.07, 6.45) is 2.22. The van der Waals surface area contributed by atoms with E-state index in [9.17, 15) is 27.3 Å². The molecule has 37 heavy (non-hydrogen) atoms. The van der Waals surface area contributed by atoms with Gasteiger partial charge in [0.25, 0.3) is 0 Å². The number of carbonyl (C=O) groups excluding carboxylic acids is 1. The molecule has 2 aromatic rings. The minimum absolute atomic E-state index is 0.0223. The number of halogens is 4. The summed E-state index contributed by atoms with van der Waals surface area (Å²) in [5.74, 6) is -3.08. The molecule has 2 N–H and O–H groups in total. The molecule has 0 saturated heterocycles.